The predicted molar refractivity (Wildman–Crippen MR) is 128 cm³/mol. The number of aromatic nitrogens is 2. The summed E-state index contributed by atoms with van der Waals surface area (Å²) in [5.41, 5.74) is 2.67. The quantitative estimate of drug-likeness (QED) is 0.229. The molecule has 6 nitrogen and oxygen atoms in total. The van der Waals surface area contributed by atoms with Gasteiger partial charge >= 0.3 is 0 Å². The van der Waals surface area contributed by atoms with Crippen molar-refractivity contribution in [2.75, 3.05) is 33.7 Å². The van der Waals surface area contributed by atoms with Crippen LogP contribution in [0.2, 0.25) is 0 Å². The van der Waals surface area contributed by atoms with Crippen molar-refractivity contribution < 1.29 is 0 Å². The lowest BCUT2D eigenvalue weighted by molar-refractivity contribution is 0.306. The van der Waals surface area contributed by atoms with Crippen LogP contribution >= 0.6 is 24.0 Å². The van der Waals surface area contributed by atoms with Crippen LogP contribution in [0.1, 0.15) is 37.4 Å². The van der Waals surface area contributed by atoms with E-state index in [1.807, 2.05) is 23.1 Å². The summed E-state index contributed by atoms with van der Waals surface area (Å²) in [6.45, 7) is 7.61. The molecule has 28 heavy (non-hydrogen) atoms. The molecule has 1 unspecified atom stereocenters. The number of nitrogens with zero attached hydrogens (tertiary/aromatic N) is 4. The Morgan fingerprint density at radius 3 is 2.50 bits per heavy atom. The zero-order valence-corrected chi connectivity index (χ0v) is 19.9. The van der Waals surface area contributed by atoms with Crippen LogP contribution in [0.3, 0.4) is 0 Å². The van der Waals surface area contributed by atoms with Crippen molar-refractivity contribution in [2.24, 2.45) is 4.99 Å². The number of halogens is 1. The Kier molecular flexibility index (Phi) is 11.8. The maximum atomic E-state index is 4.82. The maximum absolute atomic E-state index is 4.82. The Morgan fingerprint density at radius 1 is 1.18 bits per heavy atom. The van der Waals surface area contributed by atoms with Crippen LogP contribution in [0.25, 0.3) is 0 Å². The predicted octanol–water partition coefficient (Wildman–Crippen LogP) is 3.31. The summed E-state index contributed by atoms with van der Waals surface area (Å²) in [4.78, 5) is 7.05. The van der Waals surface area contributed by atoms with Crippen molar-refractivity contribution in [2.45, 2.75) is 39.3 Å². The first-order valence-corrected chi connectivity index (χ1v) is 9.88. The molecule has 0 aliphatic rings. The zero-order chi connectivity index (χ0) is 19.5. The lowest BCUT2D eigenvalue weighted by atomic mass is 10.0. The van der Waals surface area contributed by atoms with E-state index in [4.69, 9.17) is 4.99 Å². The highest BCUT2D eigenvalue weighted by Gasteiger charge is 2.14. The molecule has 0 spiro atoms. The smallest absolute Gasteiger partial charge is 0.191 e. The number of likely N-dealkylation sites (N-methyl/N-ethyl adjacent to an activating group) is 1. The Morgan fingerprint density at radius 2 is 1.93 bits per heavy atom. The molecular formula is C21H35IN6. The summed E-state index contributed by atoms with van der Waals surface area (Å²) in [5, 5.41) is 11.0. The van der Waals surface area contributed by atoms with E-state index in [-0.39, 0.29) is 30.0 Å². The van der Waals surface area contributed by atoms with Crippen molar-refractivity contribution in [1.82, 2.24) is 25.3 Å². The van der Waals surface area contributed by atoms with E-state index in [1.54, 1.807) is 0 Å². The van der Waals surface area contributed by atoms with Crippen LogP contribution in [0.5, 0.6) is 0 Å². The summed E-state index contributed by atoms with van der Waals surface area (Å²) in [6.07, 6.45) is 5.87. The third-order valence-electron chi connectivity index (χ3n) is 4.58. The van der Waals surface area contributed by atoms with Crippen LogP contribution in [0, 0.1) is 0 Å². The van der Waals surface area contributed by atoms with Crippen LogP contribution in [0.4, 0.5) is 0 Å². The van der Waals surface area contributed by atoms with Crippen LogP contribution < -0.4 is 10.6 Å². The SMILES string of the molecule is CCNC(=NCC(c1ccc(CC)cc1)N(C)C)NCCCn1cccn1.I. The zero-order valence-electron chi connectivity index (χ0n) is 17.6. The lowest BCUT2D eigenvalue weighted by Crippen LogP contribution is -2.38. The van der Waals surface area contributed by atoms with Crippen LogP contribution in [-0.2, 0) is 13.0 Å². The normalized spacial score (nSPS) is 12.5. The van der Waals surface area contributed by atoms with Gasteiger partial charge in [-0.1, -0.05) is 31.2 Å². The standard InChI is InChI=1S/C21H34N6.HI/c1-5-18-9-11-19(12-10-18)20(26(3)4)17-24-21(22-6-2)23-13-7-15-27-16-8-14-25-27;/h8-12,14,16,20H,5-7,13,15,17H2,1-4H3,(H2,22,23,24);1H. The maximum Gasteiger partial charge on any atom is 0.191 e. The molecule has 2 N–H and O–H groups in total. The minimum atomic E-state index is 0. The molecule has 1 aromatic carbocycles. The molecule has 0 bridgehead atoms. The van der Waals surface area contributed by atoms with Gasteiger partial charge in [0.25, 0.3) is 0 Å². The molecule has 0 amide bonds. The first-order chi connectivity index (χ1) is 13.1. The molecule has 2 aromatic rings. The molecule has 156 valence electrons. The molecule has 7 heteroatoms. The second-order valence-corrected chi connectivity index (χ2v) is 6.84. The monoisotopic (exact) mass is 498 g/mol. The molecule has 0 saturated heterocycles. The second kappa shape index (κ2) is 13.5. The lowest BCUT2D eigenvalue weighted by Gasteiger charge is -2.24. The summed E-state index contributed by atoms with van der Waals surface area (Å²) < 4.78 is 1.95. The van der Waals surface area contributed by atoms with Gasteiger partial charge in [-0.15, -0.1) is 24.0 Å². The van der Waals surface area contributed by atoms with Crippen LogP contribution in [0.15, 0.2) is 47.7 Å². The molecule has 0 fully saturated rings. The van der Waals surface area contributed by atoms with Crippen molar-refractivity contribution in [3.05, 3.63) is 53.9 Å². The van der Waals surface area contributed by atoms with Gasteiger partial charge in [0.05, 0.1) is 12.6 Å². The Hall–Kier alpha value is -1.61. The first kappa shape index (κ1) is 24.4. The van der Waals surface area contributed by atoms with Gasteiger partial charge in [-0.2, -0.15) is 5.10 Å². The van der Waals surface area contributed by atoms with Gasteiger partial charge in [0, 0.05) is 32.0 Å². The molecule has 1 heterocycles. The van der Waals surface area contributed by atoms with E-state index in [9.17, 15) is 0 Å². The highest BCUT2D eigenvalue weighted by molar-refractivity contribution is 14.0. The molecule has 1 aromatic heterocycles. The minimum absolute atomic E-state index is 0. The number of aliphatic imine (C=N–C) groups is 1. The summed E-state index contributed by atoms with van der Waals surface area (Å²) in [6, 6.07) is 11.1. The molecule has 2 rings (SSSR count). The Labute approximate surface area is 186 Å². The molecule has 0 radical (unpaired) electrons. The number of nitrogens with one attached hydrogen (secondary N) is 2. The number of rotatable bonds is 10. The van der Waals surface area contributed by atoms with Crippen molar-refractivity contribution >= 4 is 29.9 Å². The van der Waals surface area contributed by atoms with Crippen LogP contribution in [-0.4, -0.2) is 54.4 Å². The summed E-state index contributed by atoms with van der Waals surface area (Å²) >= 11 is 0. The highest BCUT2D eigenvalue weighted by atomic mass is 127. The van der Waals surface area contributed by atoms with Crippen molar-refractivity contribution in [3.63, 3.8) is 0 Å². The summed E-state index contributed by atoms with van der Waals surface area (Å²) in [7, 11) is 4.22. The average Bonchev–Trinajstić information content (AvgIpc) is 3.19. The summed E-state index contributed by atoms with van der Waals surface area (Å²) in [5.74, 6) is 0.870. The molecule has 1 atom stereocenters. The van der Waals surface area contributed by atoms with E-state index < -0.39 is 0 Å². The van der Waals surface area contributed by atoms with E-state index in [1.165, 1.54) is 11.1 Å². The first-order valence-electron chi connectivity index (χ1n) is 9.88. The number of hydrogen-bond donors (Lipinski definition) is 2. The van der Waals surface area contributed by atoms with E-state index in [0.29, 0.717) is 6.54 Å². The van der Waals surface area contributed by atoms with Gasteiger partial charge in [-0.05, 0) is 51.1 Å². The van der Waals surface area contributed by atoms with Crippen molar-refractivity contribution in [1.29, 1.82) is 0 Å². The molecule has 0 aliphatic heterocycles. The third kappa shape index (κ3) is 8.18. The fourth-order valence-electron chi connectivity index (χ4n) is 2.94. The fraction of sp³-hybridized carbons (Fsp3) is 0.524. The Bertz CT molecular complexity index is 667. The van der Waals surface area contributed by atoms with Gasteiger partial charge in [0.1, 0.15) is 0 Å². The number of guanidine groups is 1. The van der Waals surface area contributed by atoms with Gasteiger partial charge < -0.3 is 15.5 Å². The highest BCUT2D eigenvalue weighted by Crippen LogP contribution is 2.19. The Balaban J connectivity index is 0.00000392. The molecular weight excluding hydrogens is 463 g/mol. The number of aryl methyl sites for hydroxylation is 2. The van der Waals surface area contributed by atoms with E-state index >= 15 is 0 Å². The van der Waals surface area contributed by atoms with Gasteiger partial charge in [0.15, 0.2) is 5.96 Å². The topological polar surface area (TPSA) is 57.5 Å². The van der Waals surface area contributed by atoms with Gasteiger partial charge in [-0.25, -0.2) is 0 Å². The van der Waals surface area contributed by atoms with Crippen molar-refractivity contribution in [3.8, 4) is 0 Å². The van der Waals surface area contributed by atoms with E-state index in [0.717, 1.165) is 38.4 Å². The number of benzene rings is 1. The fourth-order valence-corrected chi connectivity index (χ4v) is 2.94. The van der Waals surface area contributed by atoms with E-state index in [2.05, 4.69) is 72.8 Å². The largest absolute Gasteiger partial charge is 0.357 e. The minimum Gasteiger partial charge on any atom is -0.357 e. The molecule has 0 aliphatic carbocycles. The van der Waals surface area contributed by atoms with Gasteiger partial charge in [-0.3, -0.25) is 9.67 Å². The second-order valence-electron chi connectivity index (χ2n) is 6.84. The third-order valence-corrected chi connectivity index (χ3v) is 4.58. The number of hydrogen-bond acceptors (Lipinski definition) is 3. The molecule has 0 saturated carbocycles. The average molecular weight is 498 g/mol. The van der Waals surface area contributed by atoms with Gasteiger partial charge in [0.2, 0.25) is 0 Å².